The third-order valence-electron chi connectivity index (χ3n) is 18.9. The predicted molar refractivity (Wildman–Crippen MR) is 350 cm³/mol. The van der Waals surface area contributed by atoms with E-state index in [0.717, 1.165) is 56.9 Å². The summed E-state index contributed by atoms with van der Waals surface area (Å²) in [5.74, 6) is -15.8. The van der Waals surface area contributed by atoms with E-state index < -0.39 is 199 Å². The van der Waals surface area contributed by atoms with Crippen molar-refractivity contribution in [2.45, 2.75) is 271 Å². The van der Waals surface area contributed by atoms with E-state index in [-0.39, 0.29) is 38.0 Å². The number of Topliss-reactive ketones (excluding diaryl/α,β-unsaturated/α-hetero) is 4. The molecular weight excluding hydrogens is 1200 g/mol. The Morgan fingerprint density at radius 3 is 1.81 bits per heavy atom. The third kappa shape index (κ3) is 26.3. The smallest absolute Gasteiger partial charge is 0.328 e. The number of benzene rings is 1. The molecule has 1 aromatic rings. The van der Waals surface area contributed by atoms with Crippen LogP contribution in [0.3, 0.4) is 0 Å². The Morgan fingerprint density at radius 1 is 0.677 bits per heavy atom. The van der Waals surface area contributed by atoms with E-state index in [2.05, 4.69) is 38.8 Å². The lowest BCUT2D eigenvalue weighted by Crippen LogP contribution is -2.56. The first-order valence-corrected chi connectivity index (χ1v) is 34.5. The number of alkyl halides is 1. The molecule has 1 unspecified atom stereocenters. The lowest BCUT2D eigenvalue weighted by molar-refractivity contribution is -0.156. The van der Waals surface area contributed by atoms with Crippen LogP contribution >= 0.6 is 0 Å². The van der Waals surface area contributed by atoms with Crippen molar-refractivity contribution in [1.82, 2.24) is 31.9 Å². The molecule has 0 radical (unpaired) electrons. The number of hydrogen-bond donors (Lipinski definition) is 9. The van der Waals surface area contributed by atoms with Crippen LogP contribution in [0.15, 0.2) is 30.3 Å². The van der Waals surface area contributed by atoms with Gasteiger partial charge in [0.15, 0.2) is 23.1 Å². The van der Waals surface area contributed by atoms with Gasteiger partial charge in [0.2, 0.25) is 41.4 Å². The quantitative estimate of drug-likeness (QED) is 0.0245. The molecule has 2 fully saturated rings. The van der Waals surface area contributed by atoms with Crippen LogP contribution in [-0.4, -0.2) is 142 Å². The molecule has 16 atom stereocenters. The molecule has 524 valence electrons. The van der Waals surface area contributed by atoms with E-state index in [0.29, 0.717) is 44.9 Å². The molecule has 93 heavy (non-hydrogen) atoms. The van der Waals surface area contributed by atoms with Crippen molar-refractivity contribution in [1.29, 1.82) is 0 Å². The van der Waals surface area contributed by atoms with Crippen LogP contribution in [0.1, 0.15) is 222 Å². The van der Waals surface area contributed by atoms with Gasteiger partial charge in [0.05, 0.1) is 49.3 Å². The molecule has 1 saturated heterocycles. The molecule has 1 heterocycles. The summed E-state index contributed by atoms with van der Waals surface area (Å²) in [6, 6.07) is 2.96. The van der Waals surface area contributed by atoms with Crippen LogP contribution in [0.2, 0.25) is 0 Å². The molecule has 2 aliphatic rings. The Bertz CT molecular complexity index is 2630. The Balaban J connectivity index is 1.86. The Hall–Kier alpha value is -6.49. The lowest BCUT2D eigenvalue weighted by atomic mass is 9.83. The highest BCUT2D eigenvalue weighted by molar-refractivity contribution is 6.01. The van der Waals surface area contributed by atoms with Gasteiger partial charge in [-0.25, -0.2) is 9.18 Å². The summed E-state index contributed by atoms with van der Waals surface area (Å²) in [5, 5.41) is 37.7. The number of nitrogens with two attached hydrogens (primary N) is 1. The highest BCUT2D eigenvalue weighted by Gasteiger charge is 2.62. The van der Waals surface area contributed by atoms with Crippen molar-refractivity contribution in [3.05, 3.63) is 35.9 Å². The topological polar surface area (TPSA) is 353 Å². The summed E-state index contributed by atoms with van der Waals surface area (Å²) in [7, 11) is 0. The van der Waals surface area contributed by atoms with E-state index in [1.165, 1.54) is 20.8 Å². The molecule has 1 aliphatic heterocycles. The highest BCUT2D eigenvalue weighted by atomic mass is 19.1. The van der Waals surface area contributed by atoms with Crippen molar-refractivity contribution < 1.29 is 76.9 Å². The molecule has 10 N–H and O–H groups in total. The lowest BCUT2D eigenvalue weighted by Gasteiger charge is -2.30. The van der Waals surface area contributed by atoms with E-state index in [4.69, 9.17) is 10.5 Å². The van der Waals surface area contributed by atoms with Gasteiger partial charge in [-0.3, -0.25) is 52.7 Å². The standard InChI is InChI=1S/C70H112FN7O15/c1-11-16-18-20-25-29-53(73-64(87)48(15-5)35-47-27-23-22-24-28-47)56(81)36-49(40-79)65(88)74-54(31-32-60(72)85)57(82)38-52(42(6)13-3)67(90)76-61(43(7)14-4)59(84)37-50(41-80)66(89)77-62-46(10)93-68(91)55(30-26-21-19-17-12-2)75-69(92)70(39-51(70)34-45(9)71)78-63(86)44(8)33-58(62)83/h22-24,27-28,42-46,48-55,61-62,79-80H,11-21,25-26,29-41H2,1-10H3,(H2,72,85)(H,73,87)(H,74,88)(H,75,92)(H,76,90)(H,77,89)(H,78,86)/t42-,43-,44+,45?,46-,48+,49-,50-,51+,52+,53-,54+,55-,61-,62+,70+/m0/s1. The average Bonchev–Trinajstić information content (AvgIpc) is 1.58. The maximum atomic E-state index is 14.6. The van der Waals surface area contributed by atoms with Crippen molar-refractivity contribution in [3.63, 3.8) is 0 Å². The number of aliphatic hydroxyl groups is 2. The molecule has 3 rings (SSSR count). The number of carbonyl (C=O) groups is 12. The minimum absolute atomic E-state index is 0.0385. The zero-order valence-electron chi connectivity index (χ0n) is 57.1. The van der Waals surface area contributed by atoms with Gasteiger partial charge in [-0.1, -0.05) is 163 Å². The molecule has 22 nitrogen and oxygen atoms in total. The molecular formula is C70H112FN7O15. The van der Waals surface area contributed by atoms with E-state index in [1.54, 1.807) is 27.7 Å². The minimum Gasteiger partial charge on any atom is -0.458 e. The van der Waals surface area contributed by atoms with Crippen molar-refractivity contribution in [2.75, 3.05) is 13.2 Å². The van der Waals surface area contributed by atoms with Gasteiger partial charge in [-0.15, -0.1) is 0 Å². The second-order valence-electron chi connectivity index (χ2n) is 26.6. The second kappa shape index (κ2) is 41.4. The number of halogens is 1. The number of cyclic esters (lactones) is 1. The van der Waals surface area contributed by atoms with Crippen LogP contribution in [0, 0.1) is 47.3 Å². The number of ether oxygens (including phenoxy) is 1. The number of amides is 7. The van der Waals surface area contributed by atoms with Gasteiger partial charge in [0, 0.05) is 49.9 Å². The Labute approximate surface area is 550 Å². The molecule has 23 heteroatoms. The first-order chi connectivity index (χ1) is 44.1. The van der Waals surface area contributed by atoms with Gasteiger partial charge >= 0.3 is 5.97 Å². The molecule has 1 saturated carbocycles. The highest BCUT2D eigenvalue weighted by Crippen LogP contribution is 2.48. The fourth-order valence-electron chi connectivity index (χ4n) is 12.1. The summed E-state index contributed by atoms with van der Waals surface area (Å²) < 4.78 is 20.2. The van der Waals surface area contributed by atoms with Gasteiger partial charge < -0.3 is 52.6 Å². The zero-order chi connectivity index (χ0) is 69.5. The number of esters is 1. The summed E-state index contributed by atoms with van der Waals surface area (Å²) in [6.07, 6.45) is 4.98. The fourth-order valence-corrected chi connectivity index (χ4v) is 12.1. The van der Waals surface area contributed by atoms with E-state index in [9.17, 15) is 72.1 Å². The van der Waals surface area contributed by atoms with Crippen molar-refractivity contribution in [3.8, 4) is 0 Å². The summed E-state index contributed by atoms with van der Waals surface area (Å²) in [5.41, 5.74) is 4.95. The SMILES string of the molecule is CCCCCCC[C@H](NC(=O)[C@H](CC)Cc1ccccc1)C(=O)C[C@@H](CO)C(=O)N[C@H](CCC(N)=O)C(=O)C[C@@H](C(=O)N[C@H](C(=O)C[C@@H](CO)C(=O)N[C@H]1C(=O)C[C@@H](C)C(=O)N[C@@]2(C[C@H]2CC(C)F)C(=O)N[C@@H](CCCCCCC)C(=O)O[C@H]1C)[C@@H](C)CC)[C@@H](C)CC. The summed E-state index contributed by atoms with van der Waals surface area (Å²) >= 11 is 0. The van der Waals surface area contributed by atoms with Crippen molar-refractivity contribution >= 4 is 70.5 Å². The largest absolute Gasteiger partial charge is 0.458 e. The number of ketones is 4. The zero-order valence-corrected chi connectivity index (χ0v) is 57.1. The third-order valence-corrected chi connectivity index (χ3v) is 18.9. The number of unbranched alkanes of at least 4 members (excludes halogenated alkanes) is 8. The molecule has 1 aromatic carbocycles. The van der Waals surface area contributed by atoms with Crippen LogP contribution < -0.4 is 37.6 Å². The number of rotatable bonds is 43. The Morgan fingerprint density at radius 2 is 1.24 bits per heavy atom. The maximum Gasteiger partial charge on any atom is 0.328 e. The van der Waals surface area contributed by atoms with E-state index >= 15 is 0 Å². The molecule has 7 amide bonds. The van der Waals surface area contributed by atoms with Crippen LogP contribution in [0.25, 0.3) is 0 Å². The molecule has 1 aliphatic carbocycles. The normalized spacial score (nSPS) is 22.6. The van der Waals surface area contributed by atoms with Crippen LogP contribution in [0.4, 0.5) is 4.39 Å². The van der Waals surface area contributed by atoms with Crippen LogP contribution in [-0.2, 0) is 68.7 Å². The van der Waals surface area contributed by atoms with Gasteiger partial charge in [-0.05, 0) is 82.1 Å². The summed E-state index contributed by atoms with van der Waals surface area (Å²) in [6.45, 7) is 15.4. The number of aliphatic hydroxyl groups excluding tert-OH is 2. The molecule has 1 spiro atoms. The second-order valence-corrected chi connectivity index (χ2v) is 26.6. The summed E-state index contributed by atoms with van der Waals surface area (Å²) in [4.78, 5) is 168. The molecule has 0 bridgehead atoms. The number of hydrogen-bond acceptors (Lipinski definition) is 15. The van der Waals surface area contributed by atoms with Gasteiger partial charge in [-0.2, -0.15) is 0 Å². The number of primary amides is 1. The first kappa shape index (κ1) is 80.7. The average molecular weight is 1310 g/mol. The van der Waals surface area contributed by atoms with Gasteiger partial charge in [0.25, 0.3) is 0 Å². The monoisotopic (exact) mass is 1310 g/mol. The van der Waals surface area contributed by atoms with Crippen molar-refractivity contribution in [2.24, 2.45) is 53.1 Å². The van der Waals surface area contributed by atoms with Gasteiger partial charge in [0.1, 0.15) is 23.7 Å². The minimum atomic E-state index is -1.61. The first-order valence-electron chi connectivity index (χ1n) is 34.5. The molecule has 0 aromatic heterocycles. The number of carbonyl (C=O) groups excluding carboxylic acids is 12. The Kier molecular flexibility index (Phi) is 35.9. The fraction of sp³-hybridized carbons (Fsp3) is 0.743. The maximum absolute atomic E-state index is 14.6. The predicted octanol–water partition coefficient (Wildman–Crippen LogP) is 6.63. The van der Waals surface area contributed by atoms with Crippen LogP contribution in [0.5, 0.6) is 0 Å². The number of nitrogens with one attached hydrogen (secondary N) is 6. The van der Waals surface area contributed by atoms with E-state index in [1.807, 2.05) is 44.2 Å².